The molecule has 3 atom stereocenters. The third-order valence-corrected chi connectivity index (χ3v) is 5.25. The number of fused-ring (bicyclic) bond motifs is 1. The predicted molar refractivity (Wildman–Crippen MR) is 80.0 cm³/mol. The van der Waals surface area contributed by atoms with E-state index in [2.05, 4.69) is 34.7 Å². The number of likely N-dealkylation sites (N-methyl/N-ethyl adjacent to an activating group) is 1. The molecule has 110 valence electrons. The van der Waals surface area contributed by atoms with Gasteiger partial charge >= 0.3 is 0 Å². The van der Waals surface area contributed by atoms with Crippen molar-refractivity contribution in [1.29, 1.82) is 5.26 Å². The van der Waals surface area contributed by atoms with Gasteiger partial charge in [0.15, 0.2) is 0 Å². The molecule has 4 nitrogen and oxygen atoms in total. The molecule has 0 radical (unpaired) electrons. The number of nitrogens with one attached hydrogen (secondary N) is 2. The molecule has 1 aliphatic carbocycles. The van der Waals surface area contributed by atoms with Gasteiger partial charge in [0.1, 0.15) is 0 Å². The van der Waals surface area contributed by atoms with E-state index < -0.39 is 0 Å². The van der Waals surface area contributed by atoms with Gasteiger partial charge in [-0.05, 0) is 51.7 Å². The van der Waals surface area contributed by atoms with E-state index in [-0.39, 0.29) is 6.17 Å². The molecule has 2 aliphatic heterocycles. The molecule has 4 heteroatoms. The number of piperidine rings is 1. The standard InChI is InChI=1S/C16H26N4/c1-20-15-5-3-2-4-14(15)19-16(20)13(11-17)10-12-6-8-18-9-7-12/h10,12,14-16,18-19H,2-9H2,1H3/b13-10+. The van der Waals surface area contributed by atoms with Crippen LogP contribution in [0.15, 0.2) is 11.6 Å². The van der Waals surface area contributed by atoms with Gasteiger partial charge in [-0.1, -0.05) is 18.9 Å². The number of nitriles is 1. The van der Waals surface area contributed by atoms with E-state index in [1.807, 2.05) is 0 Å². The highest BCUT2D eigenvalue weighted by atomic mass is 15.4. The van der Waals surface area contributed by atoms with Gasteiger partial charge in [0.25, 0.3) is 0 Å². The first-order valence-corrected chi connectivity index (χ1v) is 8.10. The second-order valence-electron chi connectivity index (χ2n) is 6.51. The monoisotopic (exact) mass is 274 g/mol. The van der Waals surface area contributed by atoms with E-state index in [0.717, 1.165) is 31.5 Å². The van der Waals surface area contributed by atoms with Gasteiger partial charge in [-0.15, -0.1) is 0 Å². The molecule has 2 heterocycles. The number of nitrogens with zero attached hydrogens (tertiary/aromatic N) is 2. The quantitative estimate of drug-likeness (QED) is 0.751. The number of hydrogen-bond acceptors (Lipinski definition) is 4. The lowest BCUT2D eigenvalue weighted by molar-refractivity contribution is 0.221. The van der Waals surface area contributed by atoms with Crippen molar-refractivity contribution in [3.63, 3.8) is 0 Å². The summed E-state index contributed by atoms with van der Waals surface area (Å²) in [4.78, 5) is 2.40. The predicted octanol–water partition coefficient (Wildman–Crippen LogP) is 1.61. The summed E-state index contributed by atoms with van der Waals surface area (Å²) in [5.41, 5.74) is 0.939. The molecule has 3 fully saturated rings. The summed E-state index contributed by atoms with van der Waals surface area (Å²) in [7, 11) is 2.18. The van der Waals surface area contributed by atoms with Crippen molar-refractivity contribution in [2.75, 3.05) is 20.1 Å². The Kier molecular flexibility index (Phi) is 4.40. The summed E-state index contributed by atoms with van der Waals surface area (Å²) >= 11 is 0. The lowest BCUT2D eigenvalue weighted by Crippen LogP contribution is -2.38. The van der Waals surface area contributed by atoms with E-state index in [1.54, 1.807) is 0 Å². The molecule has 3 aliphatic rings. The van der Waals surface area contributed by atoms with Crippen molar-refractivity contribution in [2.24, 2.45) is 5.92 Å². The summed E-state index contributed by atoms with van der Waals surface area (Å²) in [6.45, 7) is 2.16. The van der Waals surface area contributed by atoms with E-state index in [4.69, 9.17) is 0 Å². The van der Waals surface area contributed by atoms with Crippen LogP contribution in [-0.4, -0.2) is 43.3 Å². The van der Waals surface area contributed by atoms with Crippen molar-refractivity contribution >= 4 is 0 Å². The number of allylic oxidation sites excluding steroid dienone is 1. The zero-order valence-corrected chi connectivity index (χ0v) is 12.4. The molecule has 1 saturated carbocycles. The number of hydrogen-bond donors (Lipinski definition) is 2. The van der Waals surface area contributed by atoms with Crippen LogP contribution in [0.2, 0.25) is 0 Å². The molecule has 0 aromatic rings. The van der Waals surface area contributed by atoms with Gasteiger partial charge in [-0.2, -0.15) is 5.26 Å². The fourth-order valence-electron chi connectivity index (χ4n) is 4.07. The Hall–Kier alpha value is -0.890. The Balaban J connectivity index is 1.72. The Labute approximate surface area is 122 Å². The average Bonchev–Trinajstić information content (AvgIpc) is 2.83. The molecule has 0 aromatic heterocycles. The van der Waals surface area contributed by atoms with Gasteiger partial charge in [0, 0.05) is 12.1 Å². The van der Waals surface area contributed by atoms with Crippen LogP contribution in [0.25, 0.3) is 0 Å². The summed E-state index contributed by atoms with van der Waals surface area (Å²) < 4.78 is 0. The molecule has 3 rings (SSSR count). The van der Waals surface area contributed by atoms with Crippen LogP contribution in [0, 0.1) is 17.2 Å². The lowest BCUT2D eigenvalue weighted by Gasteiger charge is -2.29. The maximum atomic E-state index is 9.57. The third-order valence-electron chi connectivity index (χ3n) is 5.25. The smallest absolute Gasteiger partial charge is 0.0974 e. The summed E-state index contributed by atoms with van der Waals surface area (Å²) in [5, 5.41) is 16.7. The van der Waals surface area contributed by atoms with Gasteiger partial charge in [-0.3, -0.25) is 10.2 Å². The van der Waals surface area contributed by atoms with Crippen LogP contribution in [0.3, 0.4) is 0 Å². The molecule has 2 saturated heterocycles. The maximum absolute atomic E-state index is 9.57. The fraction of sp³-hybridized carbons (Fsp3) is 0.812. The minimum atomic E-state index is 0.142. The van der Waals surface area contributed by atoms with Crippen LogP contribution < -0.4 is 10.6 Å². The number of rotatable bonds is 2. The van der Waals surface area contributed by atoms with Crippen LogP contribution in [0.1, 0.15) is 38.5 Å². The summed E-state index contributed by atoms with van der Waals surface area (Å²) in [5.74, 6) is 0.573. The van der Waals surface area contributed by atoms with Crippen LogP contribution >= 0.6 is 0 Å². The van der Waals surface area contributed by atoms with Crippen LogP contribution in [0.4, 0.5) is 0 Å². The van der Waals surface area contributed by atoms with E-state index in [9.17, 15) is 5.26 Å². The molecule has 2 N–H and O–H groups in total. The van der Waals surface area contributed by atoms with Crippen molar-refractivity contribution in [3.05, 3.63) is 11.6 Å². The van der Waals surface area contributed by atoms with E-state index in [0.29, 0.717) is 18.0 Å². The largest absolute Gasteiger partial charge is 0.317 e. The minimum Gasteiger partial charge on any atom is -0.317 e. The molecule has 3 unspecified atom stereocenters. The average molecular weight is 274 g/mol. The molecule has 20 heavy (non-hydrogen) atoms. The molecular formula is C16H26N4. The van der Waals surface area contributed by atoms with Gasteiger partial charge < -0.3 is 5.32 Å². The topological polar surface area (TPSA) is 51.1 Å². The lowest BCUT2D eigenvalue weighted by atomic mass is 9.91. The van der Waals surface area contributed by atoms with Crippen molar-refractivity contribution < 1.29 is 0 Å². The first-order valence-electron chi connectivity index (χ1n) is 8.10. The molecule has 0 amide bonds. The second-order valence-corrected chi connectivity index (χ2v) is 6.51. The Morgan fingerprint density at radius 2 is 1.95 bits per heavy atom. The Morgan fingerprint density at radius 1 is 1.20 bits per heavy atom. The van der Waals surface area contributed by atoms with E-state index in [1.165, 1.54) is 25.7 Å². The minimum absolute atomic E-state index is 0.142. The van der Waals surface area contributed by atoms with Crippen molar-refractivity contribution in [1.82, 2.24) is 15.5 Å². The Bertz CT molecular complexity index is 405. The fourth-order valence-corrected chi connectivity index (χ4v) is 4.07. The highest BCUT2D eigenvalue weighted by Gasteiger charge is 2.41. The summed E-state index contributed by atoms with van der Waals surface area (Å²) in [6, 6.07) is 3.68. The zero-order valence-electron chi connectivity index (χ0n) is 12.4. The summed E-state index contributed by atoms with van der Waals surface area (Å²) in [6.07, 6.45) is 9.90. The van der Waals surface area contributed by atoms with Crippen molar-refractivity contribution in [2.45, 2.75) is 56.8 Å². The van der Waals surface area contributed by atoms with E-state index >= 15 is 0 Å². The normalized spacial score (nSPS) is 36.6. The highest BCUT2D eigenvalue weighted by molar-refractivity contribution is 5.29. The van der Waals surface area contributed by atoms with Crippen molar-refractivity contribution in [3.8, 4) is 6.07 Å². The van der Waals surface area contributed by atoms with Crippen LogP contribution in [-0.2, 0) is 0 Å². The highest BCUT2D eigenvalue weighted by Crippen LogP contribution is 2.31. The molecular weight excluding hydrogens is 248 g/mol. The van der Waals surface area contributed by atoms with Gasteiger partial charge in [-0.25, -0.2) is 0 Å². The molecule has 0 aromatic carbocycles. The first-order chi connectivity index (χ1) is 9.79. The SMILES string of the molecule is CN1C(/C(C#N)=C/C2CCNCC2)NC2CCCCC21. The second kappa shape index (κ2) is 6.26. The Morgan fingerprint density at radius 3 is 2.65 bits per heavy atom. The van der Waals surface area contributed by atoms with Gasteiger partial charge in [0.05, 0.1) is 17.8 Å². The molecule has 0 spiro atoms. The molecule has 0 bridgehead atoms. The zero-order chi connectivity index (χ0) is 13.9. The third kappa shape index (κ3) is 2.76. The maximum Gasteiger partial charge on any atom is 0.0974 e. The first kappa shape index (κ1) is 14.1. The van der Waals surface area contributed by atoms with Crippen LogP contribution in [0.5, 0.6) is 0 Å². The van der Waals surface area contributed by atoms with Gasteiger partial charge in [0.2, 0.25) is 0 Å².